The van der Waals surface area contributed by atoms with Crippen LogP contribution in [0.25, 0.3) is 0 Å². The van der Waals surface area contributed by atoms with E-state index in [0.717, 1.165) is 23.9 Å². The van der Waals surface area contributed by atoms with Gasteiger partial charge in [-0.05, 0) is 24.3 Å². The molecule has 1 heterocycles. The van der Waals surface area contributed by atoms with E-state index < -0.39 is 34.6 Å². The van der Waals surface area contributed by atoms with Gasteiger partial charge in [0.05, 0.1) is 10.9 Å². The fraction of sp³-hybridized carbons (Fsp3) is 0.167. The lowest BCUT2D eigenvalue weighted by Crippen LogP contribution is -2.46. The van der Waals surface area contributed by atoms with Gasteiger partial charge in [-0.2, -0.15) is 0 Å². The molecule has 0 radical (unpaired) electrons. The number of hydrogen-bond donors (Lipinski definition) is 3. The molecule has 0 saturated carbocycles. The number of anilines is 2. The van der Waals surface area contributed by atoms with Crippen molar-refractivity contribution >= 4 is 40.9 Å². The van der Waals surface area contributed by atoms with E-state index >= 15 is 0 Å². The van der Waals surface area contributed by atoms with Gasteiger partial charge in [0.2, 0.25) is 17.7 Å². The lowest BCUT2D eigenvalue weighted by molar-refractivity contribution is -0.131. The summed E-state index contributed by atoms with van der Waals surface area (Å²) in [4.78, 5) is 38.5. The fourth-order valence-electron chi connectivity index (χ4n) is 2.70. The summed E-state index contributed by atoms with van der Waals surface area (Å²) in [5, 5.41) is 10.3. The average molecular weight is 407 g/mol. The van der Waals surface area contributed by atoms with Crippen molar-refractivity contribution in [2.75, 3.05) is 16.8 Å². The number of rotatable bonds is 5. The first-order chi connectivity index (χ1) is 13.4. The molecule has 0 bridgehead atoms. The Morgan fingerprint density at radius 3 is 2.57 bits per heavy atom. The van der Waals surface area contributed by atoms with Crippen LogP contribution in [0.15, 0.2) is 47.4 Å². The second-order valence-electron chi connectivity index (χ2n) is 5.91. The van der Waals surface area contributed by atoms with Gasteiger partial charge in [-0.15, -0.1) is 11.8 Å². The molecule has 28 heavy (non-hydrogen) atoms. The molecule has 3 N–H and O–H groups in total. The van der Waals surface area contributed by atoms with E-state index in [0.29, 0.717) is 10.6 Å². The van der Waals surface area contributed by atoms with Crippen LogP contribution >= 0.6 is 11.8 Å². The standard InChI is InChI=1S/C18H15F2N3O4S/c19-11-6-5-10(7-12(11)20)21-17(25)9-23-13-3-1-2-4-14(13)28-15(18(23)26)8-16(24)22-27/h1-7,15,27H,8-9H2,(H,21,25)(H,22,24). The third-order valence-electron chi connectivity index (χ3n) is 3.97. The zero-order valence-corrected chi connectivity index (χ0v) is 15.1. The zero-order chi connectivity index (χ0) is 20.3. The minimum Gasteiger partial charge on any atom is -0.324 e. The topological polar surface area (TPSA) is 98.7 Å². The second kappa shape index (κ2) is 8.36. The van der Waals surface area contributed by atoms with Crippen LogP contribution in [0.2, 0.25) is 0 Å². The maximum absolute atomic E-state index is 13.3. The number of nitrogens with zero attached hydrogens (tertiary/aromatic N) is 1. The number of para-hydroxylation sites is 1. The van der Waals surface area contributed by atoms with Crippen LogP contribution in [-0.2, 0) is 14.4 Å². The number of fused-ring (bicyclic) bond motifs is 1. The Balaban J connectivity index is 1.80. The van der Waals surface area contributed by atoms with Crippen LogP contribution in [-0.4, -0.2) is 34.7 Å². The number of carbonyl (C=O) groups is 3. The first-order valence-corrected chi connectivity index (χ1v) is 9.02. The Kier molecular flexibility index (Phi) is 5.90. The molecular weight excluding hydrogens is 392 g/mol. The molecule has 0 saturated heterocycles. The van der Waals surface area contributed by atoms with Crippen LogP contribution in [0, 0.1) is 11.6 Å². The quantitative estimate of drug-likeness (QED) is 0.522. The summed E-state index contributed by atoms with van der Waals surface area (Å²) in [7, 11) is 0. The molecule has 10 heteroatoms. The van der Waals surface area contributed by atoms with Gasteiger partial charge >= 0.3 is 0 Å². The molecule has 146 valence electrons. The van der Waals surface area contributed by atoms with Gasteiger partial charge in [0.1, 0.15) is 6.54 Å². The minimum absolute atomic E-state index is 0.0484. The smallest absolute Gasteiger partial charge is 0.244 e. The van der Waals surface area contributed by atoms with Gasteiger partial charge in [0.15, 0.2) is 11.6 Å². The molecule has 0 spiro atoms. The first kappa shape index (κ1) is 19.8. The highest BCUT2D eigenvalue weighted by molar-refractivity contribution is 8.01. The highest BCUT2D eigenvalue weighted by Gasteiger charge is 2.35. The van der Waals surface area contributed by atoms with E-state index in [1.807, 2.05) is 0 Å². The lowest BCUT2D eigenvalue weighted by Gasteiger charge is -2.33. The molecule has 3 amide bonds. The van der Waals surface area contributed by atoms with Crippen molar-refractivity contribution in [2.45, 2.75) is 16.6 Å². The number of hydrogen-bond acceptors (Lipinski definition) is 5. The zero-order valence-electron chi connectivity index (χ0n) is 14.3. The van der Waals surface area contributed by atoms with Crippen molar-refractivity contribution in [3.8, 4) is 0 Å². The SMILES string of the molecule is O=C(CC1Sc2ccccc2N(CC(=O)Nc2ccc(F)c(F)c2)C1=O)NO. The highest BCUT2D eigenvalue weighted by Crippen LogP contribution is 2.40. The van der Waals surface area contributed by atoms with Crippen molar-refractivity contribution in [3.05, 3.63) is 54.1 Å². The molecule has 1 aliphatic rings. The fourth-order valence-corrected chi connectivity index (χ4v) is 3.93. The predicted molar refractivity (Wildman–Crippen MR) is 98.0 cm³/mol. The van der Waals surface area contributed by atoms with Gasteiger partial charge in [-0.3, -0.25) is 19.6 Å². The molecule has 0 aliphatic carbocycles. The minimum atomic E-state index is -1.11. The van der Waals surface area contributed by atoms with Gasteiger partial charge < -0.3 is 10.2 Å². The number of carbonyl (C=O) groups excluding carboxylic acids is 3. The van der Waals surface area contributed by atoms with E-state index in [9.17, 15) is 23.2 Å². The van der Waals surface area contributed by atoms with Crippen LogP contribution in [0.4, 0.5) is 20.2 Å². The second-order valence-corrected chi connectivity index (χ2v) is 7.16. The van der Waals surface area contributed by atoms with Crippen LogP contribution in [0.3, 0.4) is 0 Å². The van der Waals surface area contributed by atoms with Gasteiger partial charge in [-0.25, -0.2) is 14.3 Å². The average Bonchev–Trinajstić information content (AvgIpc) is 2.67. The summed E-state index contributed by atoms with van der Waals surface area (Å²) < 4.78 is 26.3. The number of hydroxylamine groups is 1. The van der Waals surface area contributed by atoms with Crippen molar-refractivity contribution in [3.63, 3.8) is 0 Å². The van der Waals surface area contributed by atoms with Gasteiger partial charge in [-0.1, -0.05) is 12.1 Å². The Morgan fingerprint density at radius 2 is 1.86 bits per heavy atom. The van der Waals surface area contributed by atoms with E-state index in [2.05, 4.69) is 5.32 Å². The van der Waals surface area contributed by atoms with Crippen LogP contribution in [0.1, 0.15) is 6.42 Å². The molecule has 0 fully saturated rings. The van der Waals surface area contributed by atoms with Crippen LogP contribution in [0.5, 0.6) is 0 Å². The number of nitrogens with one attached hydrogen (secondary N) is 2. The number of halogens is 2. The number of amides is 3. The van der Waals surface area contributed by atoms with Crippen molar-refractivity contribution in [2.24, 2.45) is 0 Å². The molecule has 2 aromatic rings. The normalized spacial score (nSPS) is 15.8. The third kappa shape index (κ3) is 4.29. The molecule has 1 unspecified atom stereocenters. The third-order valence-corrected chi connectivity index (χ3v) is 5.22. The molecular formula is C18H15F2N3O4S. The van der Waals surface area contributed by atoms with Gasteiger partial charge in [0, 0.05) is 23.1 Å². The Morgan fingerprint density at radius 1 is 1.11 bits per heavy atom. The number of benzene rings is 2. The van der Waals surface area contributed by atoms with E-state index in [4.69, 9.17) is 5.21 Å². The number of thioether (sulfide) groups is 1. The van der Waals surface area contributed by atoms with E-state index in [1.165, 1.54) is 16.4 Å². The van der Waals surface area contributed by atoms with E-state index in [-0.39, 0.29) is 18.7 Å². The molecule has 0 aromatic heterocycles. The summed E-state index contributed by atoms with van der Waals surface area (Å²) in [5.74, 6) is -3.97. The highest BCUT2D eigenvalue weighted by atomic mass is 32.2. The molecule has 1 atom stereocenters. The van der Waals surface area contributed by atoms with Crippen LogP contribution < -0.4 is 15.7 Å². The largest absolute Gasteiger partial charge is 0.324 e. The van der Waals surface area contributed by atoms with E-state index in [1.54, 1.807) is 24.3 Å². The summed E-state index contributed by atoms with van der Waals surface area (Å²) in [5.41, 5.74) is 2.03. The first-order valence-electron chi connectivity index (χ1n) is 8.14. The summed E-state index contributed by atoms with van der Waals surface area (Å²) in [6.45, 7) is -0.382. The lowest BCUT2D eigenvalue weighted by atomic mass is 10.2. The summed E-state index contributed by atoms with van der Waals surface area (Å²) in [6.07, 6.45) is -0.268. The summed E-state index contributed by atoms with van der Waals surface area (Å²) >= 11 is 1.16. The predicted octanol–water partition coefficient (Wildman–Crippen LogP) is 2.31. The van der Waals surface area contributed by atoms with Crippen molar-refractivity contribution < 1.29 is 28.4 Å². The van der Waals surface area contributed by atoms with Crippen molar-refractivity contribution in [1.29, 1.82) is 0 Å². The van der Waals surface area contributed by atoms with Gasteiger partial charge in [0.25, 0.3) is 0 Å². The van der Waals surface area contributed by atoms with Crippen molar-refractivity contribution in [1.82, 2.24) is 5.48 Å². The maximum Gasteiger partial charge on any atom is 0.244 e. The summed E-state index contributed by atoms with van der Waals surface area (Å²) in [6, 6.07) is 9.78. The molecule has 7 nitrogen and oxygen atoms in total. The molecule has 2 aromatic carbocycles. The molecule has 1 aliphatic heterocycles. The monoisotopic (exact) mass is 407 g/mol. The maximum atomic E-state index is 13.3. The molecule has 3 rings (SSSR count). The Hall–Kier alpha value is -2.98. The Bertz CT molecular complexity index is 941. The Labute approximate surface area is 162 Å².